The number of anilines is 2. The summed E-state index contributed by atoms with van der Waals surface area (Å²) in [6.07, 6.45) is 3.54. The van der Waals surface area contributed by atoms with E-state index in [0.717, 1.165) is 50.5 Å². The third kappa shape index (κ3) is 4.04. The van der Waals surface area contributed by atoms with E-state index in [4.69, 9.17) is 9.47 Å². The standard InChI is InChI=1S/C19H23FN4O2/c20-15-3-1-4-16(11-15)24-6-2-5-17(13-24)26-19-12-18(21-14-22-19)23-7-9-25-10-8-23/h1,3-4,11-12,14,17H,2,5-10,13H2. The molecule has 1 aromatic heterocycles. The molecule has 0 N–H and O–H groups in total. The Balaban J connectivity index is 1.42. The van der Waals surface area contributed by atoms with E-state index in [1.807, 2.05) is 12.1 Å². The molecule has 6 nitrogen and oxygen atoms in total. The Morgan fingerprint density at radius 3 is 2.81 bits per heavy atom. The molecule has 138 valence electrons. The summed E-state index contributed by atoms with van der Waals surface area (Å²) < 4.78 is 25.0. The van der Waals surface area contributed by atoms with Gasteiger partial charge in [0.1, 0.15) is 24.1 Å². The average molecular weight is 358 g/mol. The van der Waals surface area contributed by atoms with Gasteiger partial charge in [-0.1, -0.05) is 6.07 Å². The summed E-state index contributed by atoms with van der Waals surface area (Å²) in [7, 11) is 0. The predicted molar refractivity (Wildman–Crippen MR) is 97.3 cm³/mol. The fourth-order valence-electron chi connectivity index (χ4n) is 3.47. The Labute approximate surface area is 152 Å². The second-order valence-electron chi connectivity index (χ2n) is 6.62. The molecule has 3 heterocycles. The average Bonchev–Trinajstić information content (AvgIpc) is 2.69. The van der Waals surface area contributed by atoms with Crippen LogP contribution in [0.25, 0.3) is 0 Å². The molecule has 2 aliphatic heterocycles. The van der Waals surface area contributed by atoms with Gasteiger partial charge in [0.25, 0.3) is 0 Å². The minimum atomic E-state index is -0.212. The summed E-state index contributed by atoms with van der Waals surface area (Å²) >= 11 is 0. The molecule has 0 spiro atoms. The number of benzene rings is 1. The van der Waals surface area contributed by atoms with Gasteiger partial charge in [0.2, 0.25) is 5.88 Å². The fourth-order valence-corrected chi connectivity index (χ4v) is 3.47. The number of nitrogens with zero attached hydrogens (tertiary/aromatic N) is 4. The highest BCUT2D eigenvalue weighted by atomic mass is 19.1. The van der Waals surface area contributed by atoms with Crippen LogP contribution in [0.3, 0.4) is 0 Å². The van der Waals surface area contributed by atoms with E-state index in [-0.39, 0.29) is 11.9 Å². The van der Waals surface area contributed by atoms with Crippen molar-refractivity contribution in [2.45, 2.75) is 18.9 Å². The Hall–Kier alpha value is -2.41. The van der Waals surface area contributed by atoms with E-state index in [9.17, 15) is 4.39 Å². The first-order valence-corrected chi connectivity index (χ1v) is 9.10. The number of rotatable bonds is 4. The number of aromatic nitrogens is 2. The van der Waals surface area contributed by atoms with Gasteiger partial charge in [-0.3, -0.25) is 0 Å². The molecule has 2 saturated heterocycles. The lowest BCUT2D eigenvalue weighted by Crippen LogP contribution is -2.41. The zero-order valence-corrected chi connectivity index (χ0v) is 14.7. The van der Waals surface area contributed by atoms with Crippen LogP contribution in [0.5, 0.6) is 5.88 Å². The second kappa shape index (κ2) is 7.86. The largest absolute Gasteiger partial charge is 0.472 e. The smallest absolute Gasteiger partial charge is 0.218 e. The van der Waals surface area contributed by atoms with E-state index in [1.54, 1.807) is 18.5 Å². The number of piperidine rings is 1. The fraction of sp³-hybridized carbons (Fsp3) is 0.474. The first kappa shape index (κ1) is 17.0. The molecule has 2 aliphatic rings. The monoisotopic (exact) mass is 358 g/mol. The third-order valence-electron chi connectivity index (χ3n) is 4.80. The van der Waals surface area contributed by atoms with Gasteiger partial charge in [-0.05, 0) is 31.0 Å². The molecule has 0 radical (unpaired) electrons. The van der Waals surface area contributed by atoms with Crippen LogP contribution in [0, 0.1) is 5.82 Å². The number of hydrogen-bond donors (Lipinski definition) is 0. The summed E-state index contributed by atoms with van der Waals surface area (Å²) in [5, 5.41) is 0. The number of morpholine rings is 1. The molecule has 0 saturated carbocycles. The van der Waals surface area contributed by atoms with Crippen LogP contribution in [0.2, 0.25) is 0 Å². The van der Waals surface area contributed by atoms with E-state index in [0.29, 0.717) is 19.1 Å². The van der Waals surface area contributed by atoms with E-state index in [2.05, 4.69) is 19.8 Å². The van der Waals surface area contributed by atoms with E-state index < -0.39 is 0 Å². The van der Waals surface area contributed by atoms with Gasteiger partial charge >= 0.3 is 0 Å². The highest BCUT2D eigenvalue weighted by molar-refractivity contribution is 5.47. The van der Waals surface area contributed by atoms with Crippen molar-refractivity contribution in [3.8, 4) is 5.88 Å². The summed E-state index contributed by atoms with van der Waals surface area (Å²) in [4.78, 5) is 13.0. The maximum Gasteiger partial charge on any atom is 0.218 e. The lowest BCUT2D eigenvalue weighted by molar-refractivity contribution is 0.122. The molecule has 2 aromatic rings. The molecule has 0 bridgehead atoms. The van der Waals surface area contributed by atoms with Gasteiger partial charge < -0.3 is 19.3 Å². The van der Waals surface area contributed by atoms with Crippen molar-refractivity contribution in [1.29, 1.82) is 0 Å². The van der Waals surface area contributed by atoms with Crippen LogP contribution >= 0.6 is 0 Å². The molecular weight excluding hydrogens is 335 g/mol. The quantitative estimate of drug-likeness (QED) is 0.837. The minimum absolute atomic E-state index is 0.0273. The zero-order chi connectivity index (χ0) is 17.8. The first-order chi connectivity index (χ1) is 12.8. The van der Waals surface area contributed by atoms with E-state index in [1.165, 1.54) is 6.07 Å². The van der Waals surface area contributed by atoms with Crippen LogP contribution in [0.1, 0.15) is 12.8 Å². The van der Waals surface area contributed by atoms with Crippen LogP contribution in [0.4, 0.5) is 15.9 Å². The summed E-state index contributed by atoms with van der Waals surface area (Å²) in [6.45, 7) is 4.71. The zero-order valence-electron chi connectivity index (χ0n) is 14.7. The lowest BCUT2D eigenvalue weighted by atomic mass is 10.1. The molecule has 7 heteroatoms. The molecular formula is C19H23FN4O2. The molecule has 2 fully saturated rings. The summed E-state index contributed by atoms with van der Waals surface area (Å²) in [5.41, 5.74) is 0.898. The second-order valence-corrected chi connectivity index (χ2v) is 6.62. The predicted octanol–water partition coefficient (Wildman–Crippen LogP) is 2.50. The van der Waals surface area contributed by atoms with Crippen molar-refractivity contribution < 1.29 is 13.9 Å². The van der Waals surface area contributed by atoms with Crippen molar-refractivity contribution in [2.75, 3.05) is 49.2 Å². The summed E-state index contributed by atoms with van der Waals surface area (Å²) in [6, 6.07) is 8.62. The molecule has 1 atom stereocenters. The highest BCUT2D eigenvalue weighted by Crippen LogP contribution is 2.24. The molecule has 0 aliphatic carbocycles. The minimum Gasteiger partial charge on any atom is -0.472 e. The van der Waals surface area contributed by atoms with Gasteiger partial charge in [-0.25, -0.2) is 14.4 Å². The Kier molecular flexibility index (Phi) is 5.15. The lowest BCUT2D eigenvalue weighted by Gasteiger charge is -2.34. The normalized spacial score (nSPS) is 20.9. The van der Waals surface area contributed by atoms with Crippen LogP contribution in [0.15, 0.2) is 36.7 Å². The SMILES string of the molecule is Fc1cccc(N2CCCC(Oc3cc(N4CCOCC4)ncn3)C2)c1. The third-order valence-corrected chi connectivity index (χ3v) is 4.80. The van der Waals surface area contributed by atoms with Crippen molar-refractivity contribution in [3.63, 3.8) is 0 Å². The molecule has 1 aromatic carbocycles. The van der Waals surface area contributed by atoms with Gasteiger partial charge in [-0.15, -0.1) is 0 Å². The maximum absolute atomic E-state index is 13.5. The van der Waals surface area contributed by atoms with Crippen molar-refractivity contribution >= 4 is 11.5 Å². The Morgan fingerprint density at radius 1 is 1.08 bits per heavy atom. The molecule has 1 unspecified atom stereocenters. The van der Waals surface area contributed by atoms with Gasteiger partial charge in [0, 0.05) is 31.4 Å². The first-order valence-electron chi connectivity index (χ1n) is 9.10. The van der Waals surface area contributed by atoms with Crippen molar-refractivity contribution in [3.05, 3.63) is 42.5 Å². The van der Waals surface area contributed by atoms with Crippen molar-refractivity contribution in [2.24, 2.45) is 0 Å². The van der Waals surface area contributed by atoms with Crippen LogP contribution in [-0.4, -0.2) is 55.5 Å². The summed E-state index contributed by atoms with van der Waals surface area (Å²) in [5.74, 6) is 1.25. The number of ether oxygens (including phenoxy) is 2. The van der Waals surface area contributed by atoms with Crippen molar-refractivity contribution in [1.82, 2.24) is 9.97 Å². The number of halogens is 1. The topological polar surface area (TPSA) is 50.7 Å². The van der Waals surface area contributed by atoms with Gasteiger partial charge in [0.05, 0.1) is 19.8 Å². The maximum atomic E-state index is 13.5. The van der Waals surface area contributed by atoms with Crippen LogP contribution < -0.4 is 14.5 Å². The van der Waals surface area contributed by atoms with Crippen LogP contribution in [-0.2, 0) is 4.74 Å². The molecule has 26 heavy (non-hydrogen) atoms. The van der Waals surface area contributed by atoms with Gasteiger partial charge in [-0.2, -0.15) is 0 Å². The molecule has 4 rings (SSSR count). The van der Waals surface area contributed by atoms with E-state index >= 15 is 0 Å². The van der Waals surface area contributed by atoms with Gasteiger partial charge in [0.15, 0.2) is 0 Å². The Morgan fingerprint density at radius 2 is 1.96 bits per heavy atom. The Bertz CT molecular complexity index is 739. The molecule has 0 amide bonds. The number of hydrogen-bond acceptors (Lipinski definition) is 6. The highest BCUT2D eigenvalue weighted by Gasteiger charge is 2.23.